The van der Waals surface area contributed by atoms with E-state index in [0.717, 1.165) is 49.1 Å². The Morgan fingerprint density at radius 1 is 1.33 bits per heavy atom. The molecule has 24 heavy (non-hydrogen) atoms. The fraction of sp³-hybridized carbons (Fsp3) is 0.611. The normalized spacial score (nSPS) is 19.4. The number of benzene rings is 1. The fourth-order valence-corrected chi connectivity index (χ4v) is 4.05. The predicted octanol–water partition coefficient (Wildman–Crippen LogP) is 2.72. The molecule has 2 rings (SSSR count). The summed E-state index contributed by atoms with van der Waals surface area (Å²) in [5.41, 5.74) is 1.18. The number of carbonyl (C=O) groups excluding carboxylic acids is 1. The number of nitrogens with one attached hydrogen (secondary N) is 1. The van der Waals surface area contributed by atoms with E-state index in [2.05, 4.69) is 35.3 Å². The second-order valence-electron chi connectivity index (χ2n) is 6.45. The van der Waals surface area contributed by atoms with Gasteiger partial charge in [0.2, 0.25) is 5.91 Å². The largest absolute Gasteiger partial charge is 0.356 e. The molecule has 1 aliphatic heterocycles. The summed E-state index contributed by atoms with van der Waals surface area (Å²) in [6.07, 6.45) is 1.58. The monoisotopic (exact) mass is 369 g/mol. The molecule has 4 nitrogen and oxygen atoms in total. The number of hydrogen-bond donors (Lipinski definition) is 1. The maximum atomic E-state index is 12.1. The minimum absolute atomic E-state index is 0.165. The Morgan fingerprint density at radius 2 is 2.12 bits per heavy atom. The molecule has 1 fully saturated rings. The van der Waals surface area contributed by atoms with Crippen molar-refractivity contribution in [3.05, 3.63) is 34.9 Å². The molecule has 0 saturated carbocycles. The predicted molar refractivity (Wildman–Crippen MR) is 104 cm³/mol. The van der Waals surface area contributed by atoms with Gasteiger partial charge in [-0.15, -0.1) is 0 Å². The Labute approximate surface area is 154 Å². The zero-order valence-electron chi connectivity index (χ0n) is 14.6. The standard InChI is InChI=1S/C18H28ClN3OS/c1-21-9-10-22(2)16(13-21)12-18(23)20-8-5-11-24-14-15-6-3-4-7-17(15)19/h3-4,6-7,16H,5,8-14H2,1-2H3,(H,20,23)/t16-/m1/s1. The van der Waals surface area contributed by atoms with Gasteiger partial charge in [0, 0.05) is 49.4 Å². The van der Waals surface area contributed by atoms with Crippen molar-refractivity contribution in [2.45, 2.75) is 24.6 Å². The van der Waals surface area contributed by atoms with Gasteiger partial charge in [-0.25, -0.2) is 0 Å². The number of carbonyl (C=O) groups is 1. The topological polar surface area (TPSA) is 35.6 Å². The third-order valence-corrected chi connectivity index (χ3v) is 5.87. The molecule has 1 saturated heterocycles. The quantitative estimate of drug-likeness (QED) is 0.715. The second kappa shape index (κ2) is 10.3. The Balaban J connectivity index is 1.55. The van der Waals surface area contributed by atoms with Crippen LogP contribution in [-0.2, 0) is 10.5 Å². The molecule has 0 aromatic heterocycles. The highest BCUT2D eigenvalue weighted by atomic mass is 35.5. The zero-order valence-corrected chi connectivity index (χ0v) is 16.2. The van der Waals surface area contributed by atoms with Gasteiger partial charge in [-0.2, -0.15) is 11.8 Å². The minimum atomic E-state index is 0.165. The molecule has 0 spiro atoms. The van der Waals surface area contributed by atoms with E-state index in [1.165, 1.54) is 5.56 Å². The highest BCUT2D eigenvalue weighted by Gasteiger charge is 2.24. The molecule has 0 aliphatic carbocycles. The van der Waals surface area contributed by atoms with Gasteiger partial charge in [0.05, 0.1) is 0 Å². The first-order valence-electron chi connectivity index (χ1n) is 8.53. The first-order chi connectivity index (χ1) is 11.6. The maximum absolute atomic E-state index is 12.1. The van der Waals surface area contributed by atoms with Crippen LogP contribution in [-0.4, -0.2) is 67.8 Å². The molecule has 1 atom stereocenters. The Hall–Kier alpha value is -0.750. The van der Waals surface area contributed by atoms with Crippen molar-refractivity contribution in [2.75, 3.05) is 46.0 Å². The van der Waals surface area contributed by atoms with E-state index in [1.807, 2.05) is 30.0 Å². The molecule has 134 valence electrons. The van der Waals surface area contributed by atoms with E-state index < -0.39 is 0 Å². The van der Waals surface area contributed by atoms with Crippen molar-refractivity contribution in [3.8, 4) is 0 Å². The number of hydrogen-bond acceptors (Lipinski definition) is 4. The summed E-state index contributed by atoms with van der Waals surface area (Å²) in [6, 6.07) is 8.29. The summed E-state index contributed by atoms with van der Waals surface area (Å²) >= 11 is 8.00. The van der Waals surface area contributed by atoms with Gasteiger partial charge in [-0.1, -0.05) is 29.8 Å². The number of likely N-dealkylation sites (N-methyl/N-ethyl adjacent to an activating group) is 2. The maximum Gasteiger partial charge on any atom is 0.221 e. The average Bonchev–Trinajstić information content (AvgIpc) is 2.56. The van der Waals surface area contributed by atoms with Crippen LogP contribution in [0.2, 0.25) is 5.02 Å². The van der Waals surface area contributed by atoms with Gasteiger partial charge < -0.3 is 15.1 Å². The molecule has 1 amide bonds. The van der Waals surface area contributed by atoms with E-state index in [4.69, 9.17) is 11.6 Å². The molecule has 1 aromatic carbocycles. The highest BCUT2D eigenvalue weighted by molar-refractivity contribution is 7.98. The Bertz CT molecular complexity index is 529. The van der Waals surface area contributed by atoms with Gasteiger partial charge in [0.15, 0.2) is 0 Å². The third kappa shape index (κ3) is 6.63. The summed E-state index contributed by atoms with van der Waals surface area (Å²) in [6.45, 7) is 3.84. The molecule has 0 unspecified atom stereocenters. The van der Waals surface area contributed by atoms with Crippen LogP contribution in [0.25, 0.3) is 0 Å². The van der Waals surface area contributed by atoms with Gasteiger partial charge >= 0.3 is 0 Å². The molecule has 6 heteroatoms. The summed E-state index contributed by atoms with van der Waals surface area (Å²) in [5, 5.41) is 3.89. The number of amides is 1. The van der Waals surface area contributed by atoms with E-state index in [1.54, 1.807) is 0 Å². The number of piperazine rings is 1. The Kier molecular flexibility index (Phi) is 8.39. The molecule has 0 radical (unpaired) electrons. The van der Waals surface area contributed by atoms with E-state index in [0.29, 0.717) is 12.5 Å². The summed E-state index contributed by atoms with van der Waals surface area (Å²) in [5.74, 6) is 2.11. The van der Waals surface area contributed by atoms with Crippen molar-refractivity contribution in [1.29, 1.82) is 0 Å². The molecular weight excluding hydrogens is 342 g/mol. The number of halogens is 1. The highest BCUT2D eigenvalue weighted by Crippen LogP contribution is 2.20. The lowest BCUT2D eigenvalue weighted by molar-refractivity contribution is -0.122. The smallest absolute Gasteiger partial charge is 0.221 e. The minimum Gasteiger partial charge on any atom is -0.356 e. The first kappa shape index (κ1) is 19.6. The lowest BCUT2D eigenvalue weighted by Crippen LogP contribution is -2.51. The van der Waals surface area contributed by atoms with Crippen LogP contribution < -0.4 is 5.32 Å². The van der Waals surface area contributed by atoms with E-state index in [-0.39, 0.29) is 5.91 Å². The van der Waals surface area contributed by atoms with Crippen molar-refractivity contribution in [3.63, 3.8) is 0 Å². The molecule has 1 N–H and O–H groups in total. The first-order valence-corrected chi connectivity index (χ1v) is 10.1. The Morgan fingerprint density at radius 3 is 2.92 bits per heavy atom. The summed E-state index contributed by atoms with van der Waals surface area (Å²) in [4.78, 5) is 16.7. The zero-order chi connectivity index (χ0) is 17.4. The van der Waals surface area contributed by atoms with E-state index in [9.17, 15) is 4.79 Å². The number of nitrogens with zero attached hydrogens (tertiary/aromatic N) is 2. The molecule has 1 aliphatic rings. The van der Waals surface area contributed by atoms with Crippen LogP contribution in [0, 0.1) is 0 Å². The van der Waals surface area contributed by atoms with Gasteiger partial charge in [0.1, 0.15) is 0 Å². The second-order valence-corrected chi connectivity index (χ2v) is 7.96. The third-order valence-electron chi connectivity index (χ3n) is 4.40. The van der Waals surface area contributed by atoms with Crippen LogP contribution in [0.5, 0.6) is 0 Å². The molecule has 1 heterocycles. The molecule has 1 aromatic rings. The van der Waals surface area contributed by atoms with Crippen LogP contribution in [0.3, 0.4) is 0 Å². The van der Waals surface area contributed by atoms with Gasteiger partial charge in [-0.05, 0) is 37.9 Å². The molecular formula is C18H28ClN3OS. The fourth-order valence-electron chi connectivity index (χ4n) is 2.81. The van der Waals surface area contributed by atoms with Crippen molar-refractivity contribution >= 4 is 29.3 Å². The van der Waals surface area contributed by atoms with Gasteiger partial charge in [0.25, 0.3) is 0 Å². The summed E-state index contributed by atoms with van der Waals surface area (Å²) in [7, 11) is 4.23. The van der Waals surface area contributed by atoms with Crippen LogP contribution in [0.4, 0.5) is 0 Å². The van der Waals surface area contributed by atoms with Gasteiger partial charge in [-0.3, -0.25) is 4.79 Å². The lowest BCUT2D eigenvalue weighted by atomic mass is 10.1. The van der Waals surface area contributed by atoms with Crippen molar-refractivity contribution in [1.82, 2.24) is 15.1 Å². The molecule has 0 bridgehead atoms. The van der Waals surface area contributed by atoms with Crippen molar-refractivity contribution < 1.29 is 4.79 Å². The number of thioether (sulfide) groups is 1. The lowest BCUT2D eigenvalue weighted by Gasteiger charge is -2.37. The average molecular weight is 370 g/mol. The SMILES string of the molecule is CN1CCN(C)[C@H](CC(=O)NCCCSCc2ccccc2Cl)C1. The van der Waals surface area contributed by atoms with Crippen LogP contribution >= 0.6 is 23.4 Å². The number of rotatable bonds is 8. The van der Waals surface area contributed by atoms with Crippen molar-refractivity contribution in [2.24, 2.45) is 0 Å². The van der Waals surface area contributed by atoms with Crippen LogP contribution in [0.15, 0.2) is 24.3 Å². The van der Waals surface area contributed by atoms with Crippen LogP contribution in [0.1, 0.15) is 18.4 Å². The van der Waals surface area contributed by atoms with E-state index >= 15 is 0 Å². The summed E-state index contributed by atoms with van der Waals surface area (Å²) < 4.78 is 0.